The third kappa shape index (κ3) is 2.55. The van der Waals surface area contributed by atoms with Crippen LogP contribution in [0, 0.1) is 13.8 Å². The third-order valence-electron chi connectivity index (χ3n) is 2.65. The van der Waals surface area contributed by atoms with E-state index >= 15 is 0 Å². The zero-order valence-electron chi connectivity index (χ0n) is 10.2. The summed E-state index contributed by atoms with van der Waals surface area (Å²) in [6, 6.07) is 3.69. The number of nitrogens with zero attached hydrogens (tertiary/aromatic N) is 3. The zero-order chi connectivity index (χ0) is 12.4. The molecule has 1 aromatic carbocycles. The van der Waals surface area contributed by atoms with Crippen molar-refractivity contribution in [3.63, 3.8) is 0 Å². The minimum atomic E-state index is 0.326. The minimum absolute atomic E-state index is 0.326. The summed E-state index contributed by atoms with van der Waals surface area (Å²) in [7, 11) is 1.84. The summed E-state index contributed by atoms with van der Waals surface area (Å²) in [5.41, 5.74) is 3.76. The van der Waals surface area contributed by atoms with Crippen LogP contribution in [0.25, 0.3) is 0 Å². The molecule has 5 heteroatoms. The van der Waals surface area contributed by atoms with Crippen molar-refractivity contribution in [2.75, 3.05) is 5.32 Å². The third-order valence-corrected chi connectivity index (χ3v) is 2.65. The lowest BCUT2D eigenvalue weighted by molar-refractivity contribution is 0.471. The number of hydrogen-bond acceptors (Lipinski definition) is 4. The first kappa shape index (κ1) is 11.4. The van der Waals surface area contributed by atoms with Gasteiger partial charge in [-0.3, -0.25) is 4.68 Å². The van der Waals surface area contributed by atoms with Crippen LogP contribution < -0.4 is 5.32 Å². The average Bonchev–Trinajstić information content (AvgIpc) is 2.68. The van der Waals surface area contributed by atoms with Gasteiger partial charge < -0.3 is 10.4 Å². The van der Waals surface area contributed by atoms with Crippen molar-refractivity contribution in [2.24, 2.45) is 7.05 Å². The van der Waals surface area contributed by atoms with E-state index in [9.17, 15) is 5.11 Å². The highest BCUT2D eigenvalue weighted by molar-refractivity contribution is 5.56. The number of phenols is 1. The minimum Gasteiger partial charge on any atom is -0.508 e. The second-order valence-electron chi connectivity index (χ2n) is 4.19. The first-order valence-corrected chi connectivity index (χ1v) is 5.45. The van der Waals surface area contributed by atoms with Gasteiger partial charge >= 0.3 is 0 Å². The topological polar surface area (TPSA) is 63.0 Å². The van der Waals surface area contributed by atoms with Crippen LogP contribution in [0.1, 0.15) is 16.8 Å². The van der Waals surface area contributed by atoms with Crippen LogP contribution in [-0.2, 0) is 13.6 Å². The molecule has 0 aliphatic rings. The smallest absolute Gasteiger partial charge is 0.118 e. The highest BCUT2D eigenvalue weighted by Gasteiger charge is 2.04. The summed E-state index contributed by atoms with van der Waals surface area (Å²) >= 11 is 0. The van der Waals surface area contributed by atoms with Gasteiger partial charge in [0.1, 0.15) is 11.4 Å². The molecule has 2 aromatic rings. The van der Waals surface area contributed by atoms with E-state index in [4.69, 9.17) is 0 Å². The lowest BCUT2D eigenvalue weighted by atomic mass is 10.1. The Morgan fingerprint density at radius 2 is 2.06 bits per heavy atom. The van der Waals surface area contributed by atoms with Gasteiger partial charge in [-0.15, -0.1) is 5.10 Å². The zero-order valence-corrected chi connectivity index (χ0v) is 10.2. The summed E-state index contributed by atoms with van der Waals surface area (Å²) in [5.74, 6) is 0.326. The molecule has 0 radical (unpaired) electrons. The number of nitrogens with one attached hydrogen (secondary N) is 1. The van der Waals surface area contributed by atoms with E-state index in [0.29, 0.717) is 12.3 Å². The van der Waals surface area contributed by atoms with Crippen molar-refractivity contribution >= 4 is 5.69 Å². The Hall–Kier alpha value is -2.04. The van der Waals surface area contributed by atoms with Crippen LogP contribution in [0.2, 0.25) is 0 Å². The molecule has 0 spiro atoms. The predicted octanol–water partition coefficient (Wildman–Crippen LogP) is 1.75. The maximum Gasteiger partial charge on any atom is 0.118 e. The van der Waals surface area contributed by atoms with Crippen molar-refractivity contribution in [3.8, 4) is 5.75 Å². The van der Waals surface area contributed by atoms with Gasteiger partial charge in [-0.25, -0.2) is 0 Å². The van der Waals surface area contributed by atoms with E-state index in [0.717, 1.165) is 22.5 Å². The van der Waals surface area contributed by atoms with Gasteiger partial charge in [-0.1, -0.05) is 5.21 Å². The van der Waals surface area contributed by atoms with Gasteiger partial charge in [0.2, 0.25) is 0 Å². The number of anilines is 1. The largest absolute Gasteiger partial charge is 0.508 e. The van der Waals surface area contributed by atoms with Gasteiger partial charge in [-0.2, -0.15) is 0 Å². The van der Waals surface area contributed by atoms with Crippen LogP contribution in [0.5, 0.6) is 5.75 Å². The SMILES string of the molecule is Cc1cc(NCc2cn(C)nn2)c(C)cc1O. The predicted molar refractivity (Wildman–Crippen MR) is 65.9 cm³/mol. The second kappa shape index (κ2) is 4.45. The normalized spacial score (nSPS) is 10.5. The molecule has 0 atom stereocenters. The Morgan fingerprint density at radius 3 is 2.71 bits per heavy atom. The number of benzene rings is 1. The molecule has 0 saturated carbocycles. The number of phenolic OH excluding ortho intramolecular Hbond substituents is 1. The Morgan fingerprint density at radius 1 is 1.29 bits per heavy atom. The maximum atomic E-state index is 9.56. The lowest BCUT2D eigenvalue weighted by Crippen LogP contribution is -2.01. The molecule has 0 bridgehead atoms. The van der Waals surface area contributed by atoms with E-state index in [-0.39, 0.29) is 0 Å². The van der Waals surface area contributed by atoms with E-state index in [1.54, 1.807) is 10.7 Å². The summed E-state index contributed by atoms with van der Waals surface area (Å²) in [4.78, 5) is 0. The Bertz CT molecular complexity index is 533. The van der Waals surface area contributed by atoms with E-state index < -0.39 is 0 Å². The highest BCUT2D eigenvalue weighted by atomic mass is 16.3. The molecular formula is C12H16N4O. The first-order chi connectivity index (χ1) is 8.06. The summed E-state index contributed by atoms with van der Waals surface area (Å²) < 4.78 is 1.67. The molecule has 0 fully saturated rings. The van der Waals surface area contributed by atoms with Crippen LogP contribution in [0.15, 0.2) is 18.3 Å². The van der Waals surface area contributed by atoms with Gasteiger partial charge in [0, 0.05) is 18.9 Å². The van der Waals surface area contributed by atoms with Crippen LogP contribution in [0.4, 0.5) is 5.69 Å². The molecule has 2 rings (SSSR count). The number of aromatic hydroxyl groups is 1. The number of aromatic nitrogens is 3. The fraction of sp³-hybridized carbons (Fsp3) is 0.333. The Labute approximate surface area is 100 Å². The molecular weight excluding hydrogens is 216 g/mol. The summed E-state index contributed by atoms with van der Waals surface area (Å²) in [5, 5.41) is 20.7. The van der Waals surface area contributed by atoms with Gasteiger partial charge in [0.25, 0.3) is 0 Å². The molecule has 90 valence electrons. The summed E-state index contributed by atoms with van der Waals surface area (Å²) in [6.07, 6.45) is 1.87. The molecule has 17 heavy (non-hydrogen) atoms. The van der Waals surface area contributed by atoms with Crippen LogP contribution in [-0.4, -0.2) is 20.1 Å². The van der Waals surface area contributed by atoms with Gasteiger partial charge in [-0.05, 0) is 37.1 Å². The molecule has 0 amide bonds. The fourth-order valence-electron chi connectivity index (χ4n) is 1.65. The van der Waals surface area contributed by atoms with Crippen LogP contribution >= 0.6 is 0 Å². The first-order valence-electron chi connectivity index (χ1n) is 5.45. The van der Waals surface area contributed by atoms with Gasteiger partial charge in [0.15, 0.2) is 0 Å². The number of aryl methyl sites for hydroxylation is 3. The fourth-order valence-corrected chi connectivity index (χ4v) is 1.65. The molecule has 1 heterocycles. The molecule has 5 nitrogen and oxygen atoms in total. The van der Waals surface area contributed by atoms with Crippen molar-refractivity contribution in [2.45, 2.75) is 20.4 Å². The van der Waals surface area contributed by atoms with Crippen molar-refractivity contribution in [1.29, 1.82) is 0 Å². The molecule has 1 aromatic heterocycles. The molecule has 2 N–H and O–H groups in total. The van der Waals surface area contributed by atoms with Gasteiger partial charge in [0.05, 0.1) is 6.54 Å². The highest BCUT2D eigenvalue weighted by Crippen LogP contribution is 2.25. The van der Waals surface area contributed by atoms with E-state index in [2.05, 4.69) is 15.6 Å². The lowest BCUT2D eigenvalue weighted by Gasteiger charge is -2.10. The average molecular weight is 232 g/mol. The van der Waals surface area contributed by atoms with E-state index in [1.807, 2.05) is 33.2 Å². The molecule has 0 saturated heterocycles. The standard InChI is InChI=1S/C12H16N4O/c1-8-5-12(17)9(2)4-11(8)13-6-10-7-16(3)15-14-10/h4-5,7,13,17H,6H2,1-3H3. The molecule has 0 unspecified atom stereocenters. The van der Waals surface area contributed by atoms with Crippen LogP contribution in [0.3, 0.4) is 0 Å². The Balaban J connectivity index is 2.11. The molecule has 0 aliphatic heterocycles. The second-order valence-corrected chi connectivity index (χ2v) is 4.19. The van der Waals surface area contributed by atoms with Crippen molar-refractivity contribution < 1.29 is 5.11 Å². The summed E-state index contributed by atoms with van der Waals surface area (Å²) in [6.45, 7) is 4.46. The quantitative estimate of drug-likeness (QED) is 0.791. The monoisotopic (exact) mass is 232 g/mol. The maximum absolute atomic E-state index is 9.56. The number of hydrogen-bond donors (Lipinski definition) is 2. The number of rotatable bonds is 3. The Kier molecular flexibility index (Phi) is 2.99. The molecule has 0 aliphatic carbocycles. The van der Waals surface area contributed by atoms with Crippen molar-refractivity contribution in [1.82, 2.24) is 15.0 Å². The van der Waals surface area contributed by atoms with Crippen molar-refractivity contribution in [3.05, 3.63) is 35.2 Å². The van der Waals surface area contributed by atoms with E-state index in [1.165, 1.54) is 0 Å².